The molecule has 1 heterocycles. The molecule has 0 aliphatic heterocycles. The summed E-state index contributed by atoms with van der Waals surface area (Å²) in [5.41, 5.74) is 1.26. The molecule has 0 radical (unpaired) electrons. The normalized spacial score (nSPS) is 11.0. The van der Waals surface area contributed by atoms with Crippen LogP contribution in [0.3, 0.4) is 0 Å². The van der Waals surface area contributed by atoms with Gasteiger partial charge in [0, 0.05) is 29.2 Å². The summed E-state index contributed by atoms with van der Waals surface area (Å²) in [5.74, 6) is 0.836. The van der Waals surface area contributed by atoms with Gasteiger partial charge in [0.05, 0.1) is 11.6 Å². The second-order valence-electron chi connectivity index (χ2n) is 4.84. The highest BCUT2D eigenvalue weighted by Gasteiger charge is 2.00. The average molecular weight is 465 g/mol. The van der Waals surface area contributed by atoms with Crippen molar-refractivity contribution in [3.63, 3.8) is 0 Å². The maximum atomic E-state index is 5.89. The van der Waals surface area contributed by atoms with Crippen LogP contribution in [0.25, 0.3) is 0 Å². The summed E-state index contributed by atoms with van der Waals surface area (Å²) in [6.45, 7) is 6.39. The van der Waals surface area contributed by atoms with Gasteiger partial charge < -0.3 is 10.6 Å². The van der Waals surface area contributed by atoms with Gasteiger partial charge >= 0.3 is 0 Å². The maximum absolute atomic E-state index is 5.89. The van der Waals surface area contributed by atoms with E-state index in [2.05, 4.69) is 27.5 Å². The van der Waals surface area contributed by atoms with E-state index >= 15 is 0 Å². The number of nitrogens with zero attached hydrogens (tertiary/aromatic N) is 2. The lowest BCUT2D eigenvalue weighted by atomic mass is 10.1. The van der Waals surface area contributed by atoms with Gasteiger partial charge in [0.1, 0.15) is 0 Å². The average Bonchev–Trinajstić information content (AvgIpc) is 2.92. The topological polar surface area (TPSA) is 49.3 Å². The first-order chi connectivity index (χ1) is 10.7. The third-order valence-corrected chi connectivity index (χ3v) is 4.18. The van der Waals surface area contributed by atoms with Crippen molar-refractivity contribution in [3.05, 3.63) is 50.9 Å². The van der Waals surface area contributed by atoms with E-state index < -0.39 is 0 Å². The third kappa shape index (κ3) is 7.50. The van der Waals surface area contributed by atoms with E-state index in [0.717, 1.165) is 35.5 Å². The van der Waals surface area contributed by atoms with Crippen molar-refractivity contribution in [1.82, 2.24) is 15.6 Å². The summed E-state index contributed by atoms with van der Waals surface area (Å²) in [7, 11) is 0. The van der Waals surface area contributed by atoms with Gasteiger partial charge in [0.15, 0.2) is 5.96 Å². The summed E-state index contributed by atoms with van der Waals surface area (Å²) < 4.78 is 0. The predicted molar refractivity (Wildman–Crippen MR) is 110 cm³/mol. The standard InChI is InChI=1S/C16H21ClN4S.HI/c1-3-18-16(21-11-15-10-20-12(2)22-15)19-9-8-13-4-6-14(17)7-5-13;/h4-7,10H,3,8-9,11H2,1-2H3,(H2,18,19,21);1H. The van der Waals surface area contributed by atoms with Gasteiger partial charge in [0.25, 0.3) is 0 Å². The Morgan fingerprint density at radius 2 is 2.00 bits per heavy atom. The van der Waals surface area contributed by atoms with Gasteiger partial charge in [-0.1, -0.05) is 23.7 Å². The van der Waals surface area contributed by atoms with Crippen molar-refractivity contribution in [2.24, 2.45) is 4.99 Å². The van der Waals surface area contributed by atoms with Crippen LogP contribution in [0.2, 0.25) is 5.02 Å². The summed E-state index contributed by atoms with van der Waals surface area (Å²) in [4.78, 5) is 10.0. The summed E-state index contributed by atoms with van der Waals surface area (Å²) >= 11 is 7.57. The molecule has 4 nitrogen and oxygen atoms in total. The number of hydrogen-bond donors (Lipinski definition) is 2. The minimum Gasteiger partial charge on any atom is -0.357 e. The van der Waals surface area contributed by atoms with E-state index in [1.54, 1.807) is 11.3 Å². The SMILES string of the molecule is CCNC(=NCc1cnc(C)s1)NCCc1ccc(Cl)cc1.I. The summed E-state index contributed by atoms with van der Waals surface area (Å²) in [6.07, 6.45) is 2.82. The van der Waals surface area contributed by atoms with Crippen molar-refractivity contribution in [1.29, 1.82) is 0 Å². The first-order valence-corrected chi connectivity index (χ1v) is 8.54. The monoisotopic (exact) mass is 464 g/mol. The molecule has 2 N–H and O–H groups in total. The lowest BCUT2D eigenvalue weighted by Crippen LogP contribution is -2.38. The smallest absolute Gasteiger partial charge is 0.191 e. The molecule has 0 amide bonds. The van der Waals surface area contributed by atoms with Crippen LogP contribution in [0.4, 0.5) is 0 Å². The Hall–Kier alpha value is -0.860. The van der Waals surface area contributed by atoms with E-state index in [-0.39, 0.29) is 24.0 Å². The van der Waals surface area contributed by atoms with Gasteiger partial charge in [0.2, 0.25) is 0 Å². The molecule has 0 unspecified atom stereocenters. The van der Waals surface area contributed by atoms with Crippen LogP contribution >= 0.6 is 46.9 Å². The number of aliphatic imine (C=N–C) groups is 1. The quantitative estimate of drug-likeness (QED) is 0.386. The largest absolute Gasteiger partial charge is 0.357 e. The molecule has 2 rings (SSSR count). The van der Waals surface area contributed by atoms with Crippen LogP contribution in [0.5, 0.6) is 0 Å². The number of aromatic nitrogens is 1. The molecular formula is C16H22ClIN4S. The number of halogens is 2. The lowest BCUT2D eigenvalue weighted by molar-refractivity contribution is 0.800. The van der Waals surface area contributed by atoms with E-state index in [4.69, 9.17) is 11.6 Å². The van der Waals surface area contributed by atoms with E-state index in [0.29, 0.717) is 6.54 Å². The third-order valence-electron chi connectivity index (χ3n) is 3.03. The lowest BCUT2D eigenvalue weighted by Gasteiger charge is -2.11. The minimum absolute atomic E-state index is 0. The van der Waals surface area contributed by atoms with E-state index in [1.165, 1.54) is 10.4 Å². The molecule has 0 atom stereocenters. The fraction of sp³-hybridized carbons (Fsp3) is 0.375. The summed E-state index contributed by atoms with van der Waals surface area (Å²) in [6, 6.07) is 7.94. The highest BCUT2D eigenvalue weighted by atomic mass is 127. The van der Waals surface area contributed by atoms with Crippen LogP contribution in [0.1, 0.15) is 22.4 Å². The fourth-order valence-corrected chi connectivity index (χ4v) is 2.80. The molecule has 0 spiro atoms. The number of guanidine groups is 1. The van der Waals surface area contributed by atoms with Gasteiger partial charge in [-0.15, -0.1) is 35.3 Å². The maximum Gasteiger partial charge on any atom is 0.191 e. The predicted octanol–water partition coefficient (Wildman–Crippen LogP) is 4.02. The Balaban J connectivity index is 0.00000264. The van der Waals surface area contributed by atoms with Crippen LogP contribution < -0.4 is 10.6 Å². The number of rotatable bonds is 6. The van der Waals surface area contributed by atoms with Crippen molar-refractivity contribution < 1.29 is 0 Å². The molecular weight excluding hydrogens is 443 g/mol. The highest BCUT2D eigenvalue weighted by Crippen LogP contribution is 2.12. The van der Waals surface area contributed by atoms with Gasteiger partial charge in [-0.05, 0) is 38.0 Å². The Morgan fingerprint density at radius 3 is 2.61 bits per heavy atom. The molecule has 0 bridgehead atoms. The second kappa shape index (κ2) is 10.8. The first-order valence-electron chi connectivity index (χ1n) is 7.35. The summed E-state index contributed by atoms with van der Waals surface area (Å²) in [5, 5.41) is 8.45. The molecule has 1 aromatic carbocycles. The Morgan fingerprint density at radius 1 is 1.26 bits per heavy atom. The molecule has 1 aromatic heterocycles. The number of thiazole rings is 1. The van der Waals surface area contributed by atoms with E-state index in [1.807, 2.05) is 37.4 Å². The van der Waals surface area contributed by atoms with Crippen molar-refractivity contribution in [3.8, 4) is 0 Å². The van der Waals surface area contributed by atoms with Crippen molar-refractivity contribution >= 4 is 52.9 Å². The van der Waals surface area contributed by atoms with Crippen LogP contribution in [0.15, 0.2) is 35.5 Å². The zero-order valence-electron chi connectivity index (χ0n) is 13.3. The highest BCUT2D eigenvalue weighted by molar-refractivity contribution is 14.0. The van der Waals surface area contributed by atoms with Crippen LogP contribution in [-0.4, -0.2) is 24.0 Å². The van der Waals surface area contributed by atoms with Gasteiger partial charge in [-0.2, -0.15) is 0 Å². The zero-order chi connectivity index (χ0) is 15.8. The minimum atomic E-state index is 0. The molecule has 0 saturated heterocycles. The molecule has 0 aliphatic carbocycles. The van der Waals surface area contributed by atoms with Crippen molar-refractivity contribution in [2.45, 2.75) is 26.8 Å². The molecule has 2 aromatic rings. The van der Waals surface area contributed by atoms with Gasteiger partial charge in [-0.3, -0.25) is 0 Å². The zero-order valence-corrected chi connectivity index (χ0v) is 17.2. The molecule has 0 aliphatic rings. The number of hydrogen-bond acceptors (Lipinski definition) is 3. The first kappa shape index (κ1) is 20.2. The second-order valence-corrected chi connectivity index (χ2v) is 6.60. The molecule has 0 saturated carbocycles. The van der Waals surface area contributed by atoms with Crippen LogP contribution in [-0.2, 0) is 13.0 Å². The van der Waals surface area contributed by atoms with Crippen molar-refractivity contribution in [2.75, 3.05) is 13.1 Å². The Kier molecular flexibility index (Phi) is 9.50. The fourth-order valence-electron chi connectivity index (χ4n) is 1.95. The number of benzene rings is 1. The number of aryl methyl sites for hydroxylation is 1. The Labute approximate surface area is 163 Å². The number of nitrogens with one attached hydrogen (secondary N) is 2. The molecule has 7 heteroatoms. The van der Waals surface area contributed by atoms with Crippen LogP contribution in [0, 0.1) is 6.92 Å². The molecule has 126 valence electrons. The molecule has 0 fully saturated rings. The molecule has 23 heavy (non-hydrogen) atoms. The van der Waals surface area contributed by atoms with Gasteiger partial charge in [-0.25, -0.2) is 9.98 Å². The van der Waals surface area contributed by atoms with E-state index in [9.17, 15) is 0 Å². The Bertz CT molecular complexity index is 613.